The Morgan fingerprint density at radius 2 is 1.73 bits per heavy atom. The Bertz CT molecular complexity index is 1250. The summed E-state index contributed by atoms with van der Waals surface area (Å²) in [6, 6.07) is 15.0. The van der Waals surface area contributed by atoms with Crippen molar-refractivity contribution in [3.63, 3.8) is 0 Å². The van der Waals surface area contributed by atoms with Crippen LogP contribution in [0.4, 0.5) is 10.5 Å². The van der Waals surface area contributed by atoms with Crippen LogP contribution in [0.3, 0.4) is 0 Å². The molecule has 9 heteroatoms. The summed E-state index contributed by atoms with van der Waals surface area (Å²) < 4.78 is 2.17. The second-order valence-corrected chi connectivity index (χ2v) is 8.31. The van der Waals surface area contributed by atoms with Gasteiger partial charge in [0.25, 0.3) is 0 Å². The van der Waals surface area contributed by atoms with E-state index >= 15 is 0 Å². The van der Waals surface area contributed by atoms with Crippen molar-refractivity contribution in [2.45, 2.75) is 6.54 Å². The van der Waals surface area contributed by atoms with Crippen LogP contribution in [0, 0.1) is 0 Å². The highest BCUT2D eigenvalue weighted by Gasteiger charge is 2.22. The van der Waals surface area contributed by atoms with Crippen molar-refractivity contribution >= 4 is 34.5 Å². The van der Waals surface area contributed by atoms with Gasteiger partial charge in [0.15, 0.2) is 5.65 Å². The number of hydrogen-bond acceptors (Lipinski definition) is 5. The summed E-state index contributed by atoms with van der Waals surface area (Å²) in [5.41, 5.74) is 3.41. The van der Waals surface area contributed by atoms with Crippen LogP contribution >= 0.6 is 11.6 Å². The first-order chi connectivity index (χ1) is 16.2. The highest BCUT2D eigenvalue weighted by molar-refractivity contribution is 6.33. The molecule has 168 valence electrons. The summed E-state index contributed by atoms with van der Waals surface area (Å²) >= 11 is 6.16. The maximum atomic E-state index is 12.6. The van der Waals surface area contributed by atoms with Crippen molar-refractivity contribution in [2.24, 2.45) is 0 Å². The van der Waals surface area contributed by atoms with E-state index in [1.54, 1.807) is 30.7 Å². The first kappa shape index (κ1) is 21.4. The average molecular weight is 462 g/mol. The fourth-order valence-electron chi connectivity index (χ4n) is 4.06. The smallest absolute Gasteiger partial charge is 0.321 e. The number of rotatable bonds is 5. The van der Waals surface area contributed by atoms with Crippen LogP contribution in [0.2, 0.25) is 5.02 Å². The second kappa shape index (κ2) is 9.56. The fourth-order valence-corrected chi connectivity index (χ4v) is 4.25. The van der Waals surface area contributed by atoms with Crippen LogP contribution in [-0.2, 0) is 6.54 Å². The van der Waals surface area contributed by atoms with Crippen LogP contribution < -0.4 is 5.32 Å². The van der Waals surface area contributed by atoms with Crippen LogP contribution in [0.15, 0.2) is 67.1 Å². The zero-order chi connectivity index (χ0) is 22.6. The van der Waals surface area contributed by atoms with Gasteiger partial charge in [-0.1, -0.05) is 23.7 Å². The van der Waals surface area contributed by atoms with E-state index < -0.39 is 0 Å². The molecule has 0 saturated carbocycles. The number of pyridine rings is 2. The molecule has 2 amide bonds. The number of piperazine rings is 1. The van der Waals surface area contributed by atoms with Crippen molar-refractivity contribution in [3.05, 3.63) is 72.1 Å². The number of carbonyl (C=O) groups excluding carboxylic acids is 1. The quantitative estimate of drug-likeness (QED) is 0.486. The molecular weight excluding hydrogens is 438 g/mol. The van der Waals surface area contributed by atoms with E-state index in [-0.39, 0.29) is 6.03 Å². The van der Waals surface area contributed by atoms with Crippen molar-refractivity contribution in [1.29, 1.82) is 0 Å². The third-order valence-electron chi connectivity index (χ3n) is 5.86. The number of nitrogens with one attached hydrogen (secondary N) is 1. The third-order valence-corrected chi connectivity index (χ3v) is 6.19. The van der Waals surface area contributed by atoms with Gasteiger partial charge in [0.1, 0.15) is 11.3 Å². The van der Waals surface area contributed by atoms with E-state index in [1.807, 2.05) is 41.3 Å². The Morgan fingerprint density at radius 3 is 2.52 bits per heavy atom. The predicted octanol–water partition coefficient (Wildman–Crippen LogP) is 4.00. The summed E-state index contributed by atoms with van der Waals surface area (Å²) in [4.78, 5) is 30.3. The average Bonchev–Trinajstić information content (AvgIpc) is 3.23. The topological polar surface area (TPSA) is 79.2 Å². The fraction of sp³-hybridized carbons (Fsp3) is 0.250. The number of imidazole rings is 1. The number of aromatic nitrogens is 4. The summed E-state index contributed by atoms with van der Waals surface area (Å²) in [7, 11) is 0. The molecule has 1 saturated heterocycles. The number of anilines is 1. The third kappa shape index (κ3) is 4.67. The molecule has 4 heterocycles. The number of carbonyl (C=O) groups is 1. The highest BCUT2D eigenvalue weighted by atomic mass is 35.5. The second-order valence-electron chi connectivity index (χ2n) is 7.91. The molecule has 0 atom stereocenters. The molecule has 0 bridgehead atoms. The first-order valence-electron chi connectivity index (χ1n) is 10.9. The molecule has 0 spiro atoms. The summed E-state index contributed by atoms with van der Waals surface area (Å²) in [6.07, 6.45) is 5.35. The van der Waals surface area contributed by atoms with E-state index in [9.17, 15) is 4.79 Å². The molecule has 1 N–H and O–H groups in total. The van der Waals surface area contributed by atoms with Gasteiger partial charge in [-0.2, -0.15) is 0 Å². The van der Waals surface area contributed by atoms with Gasteiger partial charge in [-0.15, -0.1) is 0 Å². The van der Waals surface area contributed by atoms with Gasteiger partial charge in [0, 0.05) is 63.4 Å². The molecule has 0 unspecified atom stereocenters. The number of fused-ring (bicyclic) bond motifs is 1. The molecule has 33 heavy (non-hydrogen) atoms. The van der Waals surface area contributed by atoms with Gasteiger partial charge in [-0.05, 0) is 36.4 Å². The minimum absolute atomic E-state index is 0.118. The van der Waals surface area contributed by atoms with Gasteiger partial charge in [0.2, 0.25) is 0 Å². The van der Waals surface area contributed by atoms with Crippen LogP contribution in [0.5, 0.6) is 0 Å². The van der Waals surface area contributed by atoms with E-state index in [1.165, 1.54) is 0 Å². The molecule has 0 radical (unpaired) electrons. The standard InChI is InChI=1S/C24H24ClN7O/c25-19-4-1-2-5-20(19)29-24(33)31-15-12-30(13-16-31)14-17-32-22(18-7-10-26-11-8-18)28-21-6-3-9-27-23(21)32/h1-11H,12-17H2,(H,29,33). The maximum Gasteiger partial charge on any atom is 0.321 e. The lowest BCUT2D eigenvalue weighted by Gasteiger charge is -2.34. The number of nitrogens with zero attached hydrogens (tertiary/aromatic N) is 6. The van der Waals surface area contributed by atoms with E-state index in [0.29, 0.717) is 23.8 Å². The number of hydrogen-bond donors (Lipinski definition) is 1. The van der Waals surface area contributed by atoms with E-state index in [4.69, 9.17) is 16.6 Å². The number of halogens is 1. The Kier molecular flexibility index (Phi) is 6.19. The molecule has 8 nitrogen and oxygen atoms in total. The zero-order valence-corrected chi connectivity index (χ0v) is 18.8. The highest BCUT2D eigenvalue weighted by Crippen LogP contribution is 2.24. The van der Waals surface area contributed by atoms with Crippen molar-refractivity contribution in [3.8, 4) is 11.4 Å². The lowest BCUT2D eigenvalue weighted by atomic mass is 10.2. The van der Waals surface area contributed by atoms with Crippen LogP contribution in [-0.4, -0.2) is 68.1 Å². The first-order valence-corrected chi connectivity index (χ1v) is 11.3. The maximum absolute atomic E-state index is 12.6. The van der Waals surface area contributed by atoms with Gasteiger partial charge >= 0.3 is 6.03 Å². The number of benzene rings is 1. The molecule has 3 aromatic heterocycles. The van der Waals surface area contributed by atoms with Gasteiger partial charge < -0.3 is 14.8 Å². The number of urea groups is 1. The Morgan fingerprint density at radius 1 is 0.939 bits per heavy atom. The lowest BCUT2D eigenvalue weighted by Crippen LogP contribution is -2.50. The Balaban J connectivity index is 1.23. The predicted molar refractivity (Wildman–Crippen MR) is 129 cm³/mol. The summed E-state index contributed by atoms with van der Waals surface area (Å²) in [5.74, 6) is 0.892. The van der Waals surface area contributed by atoms with Crippen molar-refractivity contribution in [2.75, 3.05) is 38.0 Å². The van der Waals surface area contributed by atoms with Crippen molar-refractivity contribution < 1.29 is 4.79 Å². The van der Waals surface area contributed by atoms with Crippen LogP contribution in [0.25, 0.3) is 22.6 Å². The van der Waals surface area contributed by atoms with Gasteiger partial charge in [0.05, 0.1) is 10.7 Å². The van der Waals surface area contributed by atoms with E-state index in [2.05, 4.69) is 24.8 Å². The summed E-state index contributed by atoms with van der Waals surface area (Å²) in [5, 5.41) is 3.44. The SMILES string of the molecule is O=C(Nc1ccccc1Cl)N1CCN(CCn2c(-c3ccncc3)nc3cccnc32)CC1. The summed E-state index contributed by atoms with van der Waals surface area (Å²) in [6.45, 7) is 4.55. The van der Waals surface area contributed by atoms with Gasteiger partial charge in [-0.3, -0.25) is 9.88 Å². The molecule has 4 aromatic rings. The van der Waals surface area contributed by atoms with Crippen molar-refractivity contribution in [1.82, 2.24) is 29.3 Å². The van der Waals surface area contributed by atoms with Crippen LogP contribution in [0.1, 0.15) is 0 Å². The monoisotopic (exact) mass is 461 g/mol. The number of amides is 2. The molecule has 5 rings (SSSR count). The van der Waals surface area contributed by atoms with E-state index in [0.717, 1.165) is 48.7 Å². The molecular formula is C24H24ClN7O. The molecule has 1 fully saturated rings. The molecule has 1 aromatic carbocycles. The lowest BCUT2D eigenvalue weighted by molar-refractivity contribution is 0.145. The van der Waals surface area contributed by atoms with Gasteiger partial charge in [-0.25, -0.2) is 14.8 Å². The Labute approximate surface area is 196 Å². The Hall–Kier alpha value is -3.49. The zero-order valence-electron chi connectivity index (χ0n) is 18.1. The molecule has 1 aliphatic heterocycles. The molecule has 1 aliphatic rings. The largest absolute Gasteiger partial charge is 0.322 e. The normalized spacial score (nSPS) is 14.5. The minimum atomic E-state index is -0.118. The minimum Gasteiger partial charge on any atom is -0.322 e. The molecule has 0 aliphatic carbocycles. The number of para-hydroxylation sites is 1.